The summed E-state index contributed by atoms with van der Waals surface area (Å²) < 4.78 is 16.2. The molecule has 40 heavy (non-hydrogen) atoms. The topological polar surface area (TPSA) is 142 Å². The molecule has 0 radical (unpaired) electrons. The molecule has 1 aromatic heterocycles. The molecule has 3 N–H and O–H groups in total. The van der Waals surface area contributed by atoms with Gasteiger partial charge < -0.3 is 15.3 Å². The predicted octanol–water partition coefficient (Wildman–Crippen LogP) is 4.32. The first-order valence-electron chi connectivity index (χ1n) is 12.0. The number of nitrogens with one attached hydrogen (secondary N) is 2. The van der Waals surface area contributed by atoms with E-state index in [4.69, 9.17) is 16.7 Å². The Labute approximate surface area is 231 Å². The van der Waals surface area contributed by atoms with Crippen LogP contribution in [0.4, 0.5) is 20.6 Å². The Morgan fingerprint density at radius 2 is 1.75 bits per heavy atom. The van der Waals surface area contributed by atoms with Crippen LogP contribution < -0.4 is 10.6 Å². The molecular formula is C27H21ClFN7O4. The highest BCUT2D eigenvalue weighted by atomic mass is 35.5. The number of hydrogen-bond acceptors (Lipinski definition) is 6. The molecule has 2 heterocycles. The molecule has 1 aliphatic rings. The molecule has 202 valence electrons. The minimum atomic E-state index is -1.21. The third kappa shape index (κ3) is 5.52. The predicted molar refractivity (Wildman–Crippen MR) is 144 cm³/mol. The van der Waals surface area contributed by atoms with E-state index in [9.17, 15) is 18.8 Å². The molecule has 0 fully saturated rings. The van der Waals surface area contributed by atoms with Crippen LogP contribution in [0.1, 0.15) is 22.7 Å². The first kappa shape index (κ1) is 26.5. The smallest absolute Gasteiger partial charge is 0.409 e. The fourth-order valence-electron chi connectivity index (χ4n) is 4.49. The van der Waals surface area contributed by atoms with Crippen LogP contribution in [0.25, 0.3) is 11.8 Å². The average Bonchev–Trinajstić information content (AvgIpc) is 3.48. The third-order valence-electron chi connectivity index (χ3n) is 6.32. The number of rotatable bonds is 6. The van der Waals surface area contributed by atoms with E-state index in [0.29, 0.717) is 23.4 Å². The van der Waals surface area contributed by atoms with Crippen LogP contribution in [0.5, 0.6) is 0 Å². The summed E-state index contributed by atoms with van der Waals surface area (Å²) in [5, 5.41) is 24.7. The van der Waals surface area contributed by atoms with E-state index in [-0.39, 0.29) is 22.8 Å². The standard InChI is InChI=1S/C27H21ClFN7O4/c28-21-10-11-22(36-15-30-33-34-36)20(24(21)29)9-12-23(37)35-14-13-16-3-1-2-4-19(16)25(35)26(38)31-17-5-7-18(8-6-17)32-27(39)40/h1-12,15,25,32H,13-14H2,(H,31,38)(H,39,40)/b12-9+. The van der Waals surface area contributed by atoms with Gasteiger partial charge in [-0.15, -0.1) is 5.10 Å². The van der Waals surface area contributed by atoms with Gasteiger partial charge in [0.15, 0.2) is 5.82 Å². The van der Waals surface area contributed by atoms with Crippen molar-refractivity contribution >= 4 is 47.0 Å². The number of hydrogen-bond donors (Lipinski definition) is 3. The molecule has 5 rings (SSSR count). The van der Waals surface area contributed by atoms with E-state index in [0.717, 1.165) is 5.56 Å². The molecule has 3 aromatic carbocycles. The van der Waals surface area contributed by atoms with Gasteiger partial charge in [-0.25, -0.2) is 9.18 Å². The van der Waals surface area contributed by atoms with Gasteiger partial charge in [0.25, 0.3) is 5.91 Å². The lowest BCUT2D eigenvalue weighted by atomic mass is 9.91. The number of fused-ring (bicyclic) bond motifs is 1. The van der Waals surface area contributed by atoms with Crippen molar-refractivity contribution in [3.05, 3.63) is 101 Å². The lowest BCUT2D eigenvalue weighted by Gasteiger charge is -2.35. The molecule has 0 aliphatic carbocycles. The van der Waals surface area contributed by atoms with Gasteiger partial charge in [0.1, 0.15) is 12.4 Å². The van der Waals surface area contributed by atoms with Gasteiger partial charge in [-0.3, -0.25) is 14.9 Å². The number of amides is 3. The van der Waals surface area contributed by atoms with E-state index < -0.39 is 29.8 Å². The van der Waals surface area contributed by atoms with E-state index in [1.54, 1.807) is 24.3 Å². The molecule has 3 amide bonds. The molecule has 1 unspecified atom stereocenters. The van der Waals surface area contributed by atoms with Gasteiger partial charge in [-0.1, -0.05) is 35.9 Å². The second-order valence-corrected chi connectivity index (χ2v) is 9.17. The SMILES string of the molecule is O=C(O)Nc1ccc(NC(=O)C2c3ccccc3CCN2C(=O)/C=C/c2c(-n3cnnn3)ccc(Cl)c2F)cc1. The average molecular weight is 562 g/mol. The number of benzene rings is 3. The third-order valence-corrected chi connectivity index (χ3v) is 6.61. The van der Waals surface area contributed by atoms with Gasteiger partial charge in [-0.2, -0.15) is 4.68 Å². The number of nitrogens with zero attached hydrogens (tertiary/aromatic N) is 5. The first-order valence-corrected chi connectivity index (χ1v) is 12.4. The normalized spacial score (nSPS) is 14.6. The maximum absolute atomic E-state index is 15.0. The molecule has 1 atom stereocenters. The molecule has 0 bridgehead atoms. The van der Waals surface area contributed by atoms with Gasteiger partial charge >= 0.3 is 6.09 Å². The summed E-state index contributed by atoms with van der Waals surface area (Å²) in [6.45, 7) is 0.248. The largest absolute Gasteiger partial charge is 0.465 e. The molecule has 1 aliphatic heterocycles. The second kappa shape index (κ2) is 11.3. The Morgan fingerprint density at radius 3 is 2.45 bits per heavy atom. The van der Waals surface area contributed by atoms with Crippen LogP contribution in [0.15, 0.2) is 73.1 Å². The molecule has 0 saturated heterocycles. The lowest BCUT2D eigenvalue weighted by Crippen LogP contribution is -2.44. The summed E-state index contributed by atoms with van der Waals surface area (Å²) in [6, 6.07) is 15.4. The maximum atomic E-state index is 15.0. The van der Waals surface area contributed by atoms with E-state index in [1.165, 1.54) is 52.3 Å². The summed E-state index contributed by atoms with van der Waals surface area (Å²) in [4.78, 5) is 39.3. The molecule has 11 nitrogen and oxygen atoms in total. The monoisotopic (exact) mass is 561 g/mol. The number of carbonyl (C=O) groups is 3. The Hall–Kier alpha value is -5.10. The molecule has 4 aromatic rings. The first-order chi connectivity index (χ1) is 19.3. The minimum absolute atomic E-state index is 0.00150. The Balaban J connectivity index is 1.43. The quantitative estimate of drug-likeness (QED) is 0.297. The van der Waals surface area contributed by atoms with Crippen LogP contribution >= 0.6 is 11.6 Å². The highest BCUT2D eigenvalue weighted by Crippen LogP contribution is 2.32. The summed E-state index contributed by atoms with van der Waals surface area (Å²) in [5.74, 6) is -1.73. The molecule has 13 heteroatoms. The van der Waals surface area contributed by atoms with Crippen LogP contribution in [0, 0.1) is 5.82 Å². The molecule has 0 saturated carbocycles. The van der Waals surface area contributed by atoms with Gasteiger partial charge in [0, 0.05) is 29.6 Å². The van der Waals surface area contributed by atoms with Gasteiger partial charge in [0.2, 0.25) is 5.91 Å². The zero-order chi connectivity index (χ0) is 28.2. The summed E-state index contributed by atoms with van der Waals surface area (Å²) >= 11 is 5.99. The van der Waals surface area contributed by atoms with E-state index in [1.807, 2.05) is 12.1 Å². The number of carboxylic acid groups (broad SMARTS) is 1. The van der Waals surface area contributed by atoms with Crippen molar-refractivity contribution in [1.29, 1.82) is 0 Å². The van der Waals surface area contributed by atoms with E-state index in [2.05, 4.69) is 26.2 Å². The van der Waals surface area contributed by atoms with Gasteiger partial charge in [0.05, 0.1) is 10.7 Å². The van der Waals surface area contributed by atoms with Crippen molar-refractivity contribution in [3.63, 3.8) is 0 Å². The number of aromatic nitrogens is 4. The highest BCUT2D eigenvalue weighted by molar-refractivity contribution is 6.31. The number of anilines is 2. The van der Waals surface area contributed by atoms with Crippen molar-refractivity contribution in [1.82, 2.24) is 25.1 Å². The molecular weight excluding hydrogens is 541 g/mol. The summed E-state index contributed by atoms with van der Waals surface area (Å²) in [7, 11) is 0. The zero-order valence-electron chi connectivity index (χ0n) is 20.7. The van der Waals surface area contributed by atoms with Crippen molar-refractivity contribution < 1.29 is 23.9 Å². The fourth-order valence-corrected chi connectivity index (χ4v) is 4.66. The van der Waals surface area contributed by atoms with Crippen molar-refractivity contribution in [2.24, 2.45) is 0 Å². The van der Waals surface area contributed by atoms with Crippen molar-refractivity contribution in [2.75, 3.05) is 17.2 Å². The Kier molecular flexibility index (Phi) is 7.51. The van der Waals surface area contributed by atoms with Crippen LogP contribution in [-0.2, 0) is 16.0 Å². The fraction of sp³-hybridized carbons (Fsp3) is 0.111. The van der Waals surface area contributed by atoms with Crippen molar-refractivity contribution in [3.8, 4) is 5.69 Å². The van der Waals surface area contributed by atoms with Crippen LogP contribution in [0.2, 0.25) is 5.02 Å². The zero-order valence-corrected chi connectivity index (χ0v) is 21.4. The minimum Gasteiger partial charge on any atom is -0.465 e. The Morgan fingerprint density at radius 1 is 1.02 bits per heavy atom. The van der Waals surface area contributed by atoms with Crippen LogP contribution in [-0.4, -0.2) is 54.7 Å². The van der Waals surface area contributed by atoms with E-state index >= 15 is 0 Å². The summed E-state index contributed by atoms with van der Waals surface area (Å²) in [5.41, 5.74) is 2.62. The number of tetrazole rings is 1. The van der Waals surface area contributed by atoms with Crippen LogP contribution in [0.3, 0.4) is 0 Å². The second-order valence-electron chi connectivity index (χ2n) is 8.76. The molecule has 0 spiro atoms. The lowest BCUT2D eigenvalue weighted by molar-refractivity contribution is -0.135. The highest BCUT2D eigenvalue weighted by Gasteiger charge is 2.35. The Bertz CT molecular complexity index is 1610. The maximum Gasteiger partial charge on any atom is 0.409 e. The number of halogens is 2. The number of carbonyl (C=O) groups excluding carboxylic acids is 2. The summed E-state index contributed by atoms with van der Waals surface area (Å²) in [6.07, 6.45) is 3.07. The van der Waals surface area contributed by atoms with Crippen molar-refractivity contribution in [2.45, 2.75) is 12.5 Å². The van der Waals surface area contributed by atoms with Gasteiger partial charge in [-0.05, 0) is 70.4 Å².